The minimum Gasteiger partial charge on any atom is -0.507 e. The molecule has 27 heavy (non-hydrogen) atoms. The Labute approximate surface area is 155 Å². The number of benzene rings is 1. The number of hydroxylamine groups is 2. The summed E-state index contributed by atoms with van der Waals surface area (Å²) in [4.78, 5) is 42.0. The van der Waals surface area contributed by atoms with Crippen LogP contribution in [0.15, 0.2) is 35.1 Å². The van der Waals surface area contributed by atoms with E-state index in [1.165, 1.54) is 12.5 Å². The SMILES string of the molecule is O=C(O)CN(OCC1CCCCC1)C(=O)n1c(=O)cc(O)c2ccccc21. The average molecular weight is 374 g/mol. The van der Waals surface area contributed by atoms with Gasteiger partial charge in [0.2, 0.25) is 0 Å². The van der Waals surface area contributed by atoms with Crippen molar-refractivity contribution in [1.82, 2.24) is 9.63 Å². The lowest BCUT2D eigenvalue weighted by molar-refractivity contribution is -0.161. The highest BCUT2D eigenvalue weighted by Gasteiger charge is 2.25. The van der Waals surface area contributed by atoms with E-state index in [4.69, 9.17) is 9.94 Å². The van der Waals surface area contributed by atoms with Gasteiger partial charge in [0.15, 0.2) is 0 Å². The predicted molar refractivity (Wildman–Crippen MR) is 97.5 cm³/mol. The van der Waals surface area contributed by atoms with Crippen LogP contribution in [0.3, 0.4) is 0 Å². The summed E-state index contributed by atoms with van der Waals surface area (Å²) < 4.78 is 0.818. The maximum Gasteiger partial charge on any atom is 0.356 e. The van der Waals surface area contributed by atoms with Crippen molar-refractivity contribution in [3.63, 3.8) is 0 Å². The number of rotatable bonds is 5. The standard InChI is InChI=1S/C19H22N2O6/c22-16-10-17(23)21(15-9-5-4-8-14(15)16)19(26)20(11-18(24)25)27-12-13-6-2-1-3-7-13/h4-5,8-10,13,22H,1-3,6-7,11-12H2,(H,24,25). The van der Waals surface area contributed by atoms with E-state index < -0.39 is 24.1 Å². The Morgan fingerprint density at radius 2 is 1.89 bits per heavy atom. The first-order valence-corrected chi connectivity index (χ1v) is 8.97. The molecule has 2 aromatic rings. The monoisotopic (exact) mass is 374 g/mol. The van der Waals surface area contributed by atoms with E-state index in [0.717, 1.165) is 36.3 Å². The first-order chi connectivity index (χ1) is 13.0. The van der Waals surface area contributed by atoms with Crippen molar-refractivity contribution in [3.8, 4) is 5.75 Å². The summed E-state index contributed by atoms with van der Waals surface area (Å²) in [6.45, 7) is -0.461. The van der Waals surface area contributed by atoms with Crippen LogP contribution in [0.4, 0.5) is 4.79 Å². The molecule has 0 saturated heterocycles. The molecular formula is C19H22N2O6. The van der Waals surface area contributed by atoms with E-state index in [1.54, 1.807) is 18.2 Å². The first-order valence-electron chi connectivity index (χ1n) is 8.97. The van der Waals surface area contributed by atoms with Gasteiger partial charge in [0.05, 0.1) is 12.1 Å². The molecule has 3 rings (SSSR count). The molecule has 0 unspecified atom stereocenters. The molecule has 1 aromatic heterocycles. The van der Waals surface area contributed by atoms with Gasteiger partial charge in [0.25, 0.3) is 5.56 Å². The molecule has 1 aliphatic rings. The van der Waals surface area contributed by atoms with Gasteiger partial charge in [-0.25, -0.2) is 9.36 Å². The van der Waals surface area contributed by atoms with Crippen LogP contribution in [-0.2, 0) is 9.63 Å². The number of carbonyl (C=O) groups excluding carboxylic acids is 1. The van der Waals surface area contributed by atoms with Crippen LogP contribution < -0.4 is 5.56 Å². The molecule has 1 amide bonds. The van der Waals surface area contributed by atoms with Gasteiger partial charge < -0.3 is 10.2 Å². The molecule has 0 aliphatic heterocycles. The number of carboxylic acids is 1. The molecule has 2 N–H and O–H groups in total. The van der Waals surface area contributed by atoms with Crippen molar-refractivity contribution in [1.29, 1.82) is 0 Å². The number of para-hydroxylation sites is 1. The van der Waals surface area contributed by atoms with Gasteiger partial charge in [-0.3, -0.25) is 14.4 Å². The molecule has 0 atom stereocenters. The molecule has 8 heteroatoms. The summed E-state index contributed by atoms with van der Waals surface area (Å²) in [5, 5.41) is 20.1. The number of pyridine rings is 1. The summed E-state index contributed by atoms with van der Waals surface area (Å²) in [6.07, 6.45) is 5.28. The molecule has 0 bridgehead atoms. The molecule has 1 saturated carbocycles. The molecule has 144 valence electrons. The van der Waals surface area contributed by atoms with Crippen molar-refractivity contribution in [2.24, 2.45) is 5.92 Å². The zero-order valence-corrected chi connectivity index (χ0v) is 14.8. The molecule has 0 spiro atoms. The topological polar surface area (TPSA) is 109 Å². The van der Waals surface area contributed by atoms with Crippen molar-refractivity contribution < 1.29 is 24.6 Å². The van der Waals surface area contributed by atoms with E-state index in [9.17, 15) is 19.5 Å². The number of aliphatic carboxylic acids is 1. The minimum absolute atomic E-state index is 0.184. The maximum atomic E-state index is 12.9. The maximum absolute atomic E-state index is 12.9. The number of carboxylic acid groups (broad SMARTS) is 1. The van der Waals surface area contributed by atoms with E-state index in [0.29, 0.717) is 10.4 Å². The normalized spacial score (nSPS) is 15.0. The predicted octanol–water partition coefficient (Wildman–Crippen LogP) is 2.57. The zero-order chi connectivity index (χ0) is 19.4. The van der Waals surface area contributed by atoms with E-state index in [2.05, 4.69) is 0 Å². The minimum atomic E-state index is -1.25. The summed E-state index contributed by atoms with van der Waals surface area (Å²) in [5.41, 5.74) is -0.572. The lowest BCUT2D eigenvalue weighted by atomic mass is 9.90. The molecule has 0 radical (unpaired) electrons. The highest BCUT2D eigenvalue weighted by molar-refractivity contribution is 5.93. The second-order valence-corrected chi connectivity index (χ2v) is 6.73. The van der Waals surface area contributed by atoms with Crippen molar-refractivity contribution >= 4 is 22.9 Å². The van der Waals surface area contributed by atoms with Gasteiger partial charge in [-0.15, -0.1) is 0 Å². The van der Waals surface area contributed by atoms with Gasteiger partial charge in [0, 0.05) is 11.5 Å². The van der Waals surface area contributed by atoms with E-state index in [1.807, 2.05) is 0 Å². The largest absolute Gasteiger partial charge is 0.507 e. The fourth-order valence-corrected chi connectivity index (χ4v) is 3.41. The number of hydrogen-bond acceptors (Lipinski definition) is 5. The van der Waals surface area contributed by atoms with Crippen LogP contribution in [0.5, 0.6) is 5.75 Å². The Kier molecular flexibility index (Phi) is 5.75. The highest BCUT2D eigenvalue weighted by Crippen LogP contribution is 2.25. The van der Waals surface area contributed by atoms with Crippen molar-refractivity contribution in [3.05, 3.63) is 40.7 Å². The lowest BCUT2D eigenvalue weighted by Gasteiger charge is -2.26. The average Bonchev–Trinajstić information content (AvgIpc) is 2.65. The zero-order valence-electron chi connectivity index (χ0n) is 14.8. The molecule has 1 heterocycles. The van der Waals surface area contributed by atoms with Gasteiger partial charge in [-0.2, -0.15) is 5.06 Å². The molecule has 1 aromatic carbocycles. The Morgan fingerprint density at radius 1 is 1.19 bits per heavy atom. The molecule has 1 fully saturated rings. The Hall–Kier alpha value is -2.87. The van der Waals surface area contributed by atoms with Crippen LogP contribution >= 0.6 is 0 Å². The van der Waals surface area contributed by atoms with Crippen LogP contribution in [0.1, 0.15) is 32.1 Å². The summed E-state index contributed by atoms with van der Waals surface area (Å²) >= 11 is 0. The second kappa shape index (κ2) is 8.22. The van der Waals surface area contributed by atoms with E-state index >= 15 is 0 Å². The number of carbonyl (C=O) groups is 2. The number of hydrogen-bond donors (Lipinski definition) is 2. The van der Waals surface area contributed by atoms with Gasteiger partial charge >= 0.3 is 12.0 Å². The third-order valence-electron chi connectivity index (χ3n) is 4.78. The van der Waals surface area contributed by atoms with Crippen LogP contribution in [0.25, 0.3) is 10.9 Å². The van der Waals surface area contributed by atoms with E-state index in [-0.39, 0.29) is 23.8 Å². The van der Waals surface area contributed by atoms with Crippen molar-refractivity contribution in [2.75, 3.05) is 13.2 Å². The van der Waals surface area contributed by atoms with Crippen LogP contribution in [0, 0.1) is 5.92 Å². The number of nitrogens with zero attached hydrogens (tertiary/aromatic N) is 2. The Balaban J connectivity index is 1.90. The Morgan fingerprint density at radius 3 is 2.59 bits per heavy atom. The van der Waals surface area contributed by atoms with Crippen LogP contribution in [0.2, 0.25) is 0 Å². The van der Waals surface area contributed by atoms with Crippen molar-refractivity contribution in [2.45, 2.75) is 32.1 Å². The molecular weight excluding hydrogens is 352 g/mol. The summed E-state index contributed by atoms with van der Waals surface area (Å²) in [7, 11) is 0. The number of aromatic nitrogens is 1. The number of fused-ring (bicyclic) bond motifs is 1. The van der Waals surface area contributed by atoms with Gasteiger partial charge in [-0.1, -0.05) is 31.4 Å². The quantitative estimate of drug-likeness (QED) is 0.779. The van der Waals surface area contributed by atoms with Gasteiger partial charge in [0.1, 0.15) is 12.3 Å². The number of aromatic hydroxyl groups is 1. The second-order valence-electron chi connectivity index (χ2n) is 6.73. The fraction of sp³-hybridized carbons (Fsp3) is 0.421. The highest BCUT2D eigenvalue weighted by atomic mass is 16.7. The first kappa shape index (κ1) is 18.9. The molecule has 1 aliphatic carbocycles. The third-order valence-corrected chi connectivity index (χ3v) is 4.78. The van der Waals surface area contributed by atoms with Crippen LogP contribution in [-0.4, -0.2) is 45.0 Å². The molecule has 8 nitrogen and oxygen atoms in total. The Bertz CT molecular complexity index is 901. The lowest BCUT2D eigenvalue weighted by Crippen LogP contribution is -2.43. The number of amides is 1. The summed E-state index contributed by atoms with van der Waals surface area (Å²) in [5.74, 6) is -1.23. The summed E-state index contributed by atoms with van der Waals surface area (Å²) in [6, 6.07) is 6.40. The fourth-order valence-electron chi connectivity index (χ4n) is 3.41. The smallest absolute Gasteiger partial charge is 0.356 e. The van der Waals surface area contributed by atoms with Gasteiger partial charge in [-0.05, 0) is 30.9 Å². The third kappa shape index (κ3) is 4.28.